The second-order valence-corrected chi connectivity index (χ2v) is 6.25. The SMILES string of the molecule is Cc1csc(CNC(C)c2ccc(C(C)C)cc2)n1. The molecule has 1 unspecified atom stereocenters. The average molecular weight is 274 g/mol. The highest BCUT2D eigenvalue weighted by atomic mass is 32.1. The van der Waals surface area contributed by atoms with Gasteiger partial charge < -0.3 is 5.32 Å². The van der Waals surface area contributed by atoms with Crippen molar-refractivity contribution < 1.29 is 0 Å². The summed E-state index contributed by atoms with van der Waals surface area (Å²) in [5, 5.41) is 6.78. The highest BCUT2D eigenvalue weighted by Gasteiger charge is 2.07. The molecule has 0 aliphatic carbocycles. The molecule has 102 valence electrons. The van der Waals surface area contributed by atoms with Gasteiger partial charge in [0, 0.05) is 23.7 Å². The summed E-state index contributed by atoms with van der Waals surface area (Å²) in [7, 11) is 0. The van der Waals surface area contributed by atoms with Gasteiger partial charge >= 0.3 is 0 Å². The molecule has 0 aliphatic rings. The van der Waals surface area contributed by atoms with Crippen molar-refractivity contribution in [3.05, 3.63) is 51.5 Å². The number of benzene rings is 1. The highest BCUT2D eigenvalue weighted by molar-refractivity contribution is 7.09. The topological polar surface area (TPSA) is 24.9 Å². The van der Waals surface area contributed by atoms with Crippen molar-refractivity contribution in [3.8, 4) is 0 Å². The van der Waals surface area contributed by atoms with Crippen LogP contribution in [0.5, 0.6) is 0 Å². The molecule has 0 radical (unpaired) electrons. The monoisotopic (exact) mass is 274 g/mol. The van der Waals surface area contributed by atoms with Crippen molar-refractivity contribution in [2.45, 2.75) is 46.2 Å². The molecule has 2 aromatic rings. The fourth-order valence-electron chi connectivity index (χ4n) is 2.01. The standard InChI is InChI=1S/C16H22N2S/c1-11(2)14-5-7-15(8-6-14)13(4)17-9-16-18-12(3)10-19-16/h5-8,10-11,13,17H,9H2,1-4H3. The number of thiazole rings is 1. The highest BCUT2D eigenvalue weighted by Crippen LogP contribution is 2.19. The fourth-order valence-corrected chi connectivity index (χ4v) is 2.73. The largest absolute Gasteiger partial charge is 0.304 e. The molecule has 2 nitrogen and oxygen atoms in total. The van der Waals surface area contributed by atoms with Crippen LogP contribution < -0.4 is 5.32 Å². The second-order valence-electron chi connectivity index (χ2n) is 5.31. The zero-order chi connectivity index (χ0) is 13.8. The molecular formula is C16H22N2S. The summed E-state index contributed by atoms with van der Waals surface area (Å²) in [4.78, 5) is 4.47. The normalized spacial score (nSPS) is 12.9. The van der Waals surface area contributed by atoms with E-state index in [0.717, 1.165) is 17.2 Å². The average Bonchev–Trinajstić information content (AvgIpc) is 2.82. The second kappa shape index (κ2) is 6.31. The van der Waals surface area contributed by atoms with E-state index >= 15 is 0 Å². The molecule has 1 N–H and O–H groups in total. The van der Waals surface area contributed by atoms with Crippen LogP contribution >= 0.6 is 11.3 Å². The molecule has 0 fully saturated rings. The van der Waals surface area contributed by atoms with Gasteiger partial charge in [0.15, 0.2) is 0 Å². The van der Waals surface area contributed by atoms with Crippen LogP contribution in [0, 0.1) is 6.92 Å². The smallest absolute Gasteiger partial charge is 0.107 e. The van der Waals surface area contributed by atoms with Gasteiger partial charge in [0.25, 0.3) is 0 Å². The van der Waals surface area contributed by atoms with E-state index in [-0.39, 0.29) is 0 Å². The Labute approximate surface area is 119 Å². The van der Waals surface area contributed by atoms with Gasteiger partial charge in [0.1, 0.15) is 5.01 Å². The lowest BCUT2D eigenvalue weighted by Crippen LogP contribution is -2.18. The minimum absolute atomic E-state index is 0.352. The van der Waals surface area contributed by atoms with E-state index in [9.17, 15) is 0 Å². The van der Waals surface area contributed by atoms with Crippen molar-refractivity contribution in [2.75, 3.05) is 0 Å². The van der Waals surface area contributed by atoms with Gasteiger partial charge in [0.2, 0.25) is 0 Å². The molecule has 1 aromatic heterocycles. The summed E-state index contributed by atoms with van der Waals surface area (Å²) >= 11 is 1.72. The minimum Gasteiger partial charge on any atom is -0.304 e. The van der Waals surface area contributed by atoms with Crippen molar-refractivity contribution in [1.29, 1.82) is 0 Å². The maximum Gasteiger partial charge on any atom is 0.107 e. The predicted molar refractivity (Wildman–Crippen MR) is 82.6 cm³/mol. The van der Waals surface area contributed by atoms with E-state index in [0.29, 0.717) is 12.0 Å². The third-order valence-corrected chi connectivity index (χ3v) is 4.30. The molecule has 1 heterocycles. The van der Waals surface area contributed by atoms with Gasteiger partial charge in [-0.25, -0.2) is 4.98 Å². The molecule has 1 aromatic carbocycles. The number of nitrogens with one attached hydrogen (secondary N) is 1. The third-order valence-electron chi connectivity index (χ3n) is 3.33. The summed E-state index contributed by atoms with van der Waals surface area (Å²) in [6.07, 6.45) is 0. The Balaban J connectivity index is 1.94. The number of rotatable bonds is 5. The van der Waals surface area contributed by atoms with Gasteiger partial charge in [-0.2, -0.15) is 0 Å². The molecule has 0 saturated carbocycles. The first kappa shape index (κ1) is 14.2. The van der Waals surface area contributed by atoms with Crippen LogP contribution in [0.25, 0.3) is 0 Å². The zero-order valence-electron chi connectivity index (χ0n) is 12.1. The number of aromatic nitrogens is 1. The Morgan fingerprint density at radius 1 is 1.11 bits per heavy atom. The first-order chi connectivity index (χ1) is 9.06. The maximum absolute atomic E-state index is 4.47. The number of nitrogens with zero attached hydrogens (tertiary/aromatic N) is 1. The molecule has 0 saturated heterocycles. The lowest BCUT2D eigenvalue weighted by Gasteiger charge is -2.14. The molecule has 0 aliphatic heterocycles. The third kappa shape index (κ3) is 3.88. The summed E-state index contributed by atoms with van der Waals surface area (Å²) in [5.41, 5.74) is 3.83. The van der Waals surface area contributed by atoms with E-state index in [4.69, 9.17) is 0 Å². The van der Waals surface area contributed by atoms with Crippen LogP contribution in [0.2, 0.25) is 0 Å². The van der Waals surface area contributed by atoms with Crippen molar-refractivity contribution in [1.82, 2.24) is 10.3 Å². The Bertz CT molecular complexity index is 514. The van der Waals surface area contributed by atoms with Crippen LogP contribution in [0.3, 0.4) is 0 Å². The zero-order valence-corrected chi connectivity index (χ0v) is 12.9. The molecule has 0 bridgehead atoms. The van der Waals surface area contributed by atoms with Crippen LogP contribution in [-0.4, -0.2) is 4.98 Å². The van der Waals surface area contributed by atoms with Crippen molar-refractivity contribution in [3.63, 3.8) is 0 Å². The summed E-state index contributed by atoms with van der Waals surface area (Å²) < 4.78 is 0. The molecule has 0 amide bonds. The van der Waals surface area contributed by atoms with E-state index in [1.54, 1.807) is 11.3 Å². The molecular weight excluding hydrogens is 252 g/mol. The molecule has 19 heavy (non-hydrogen) atoms. The molecule has 0 spiro atoms. The fraction of sp³-hybridized carbons (Fsp3) is 0.438. The minimum atomic E-state index is 0.352. The number of hydrogen-bond donors (Lipinski definition) is 1. The summed E-state index contributed by atoms with van der Waals surface area (Å²) in [5.74, 6) is 0.593. The summed E-state index contributed by atoms with van der Waals surface area (Å²) in [6, 6.07) is 9.25. The Kier molecular flexibility index (Phi) is 4.72. The number of hydrogen-bond acceptors (Lipinski definition) is 3. The Morgan fingerprint density at radius 2 is 1.74 bits per heavy atom. The van der Waals surface area contributed by atoms with Crippen LogP contribution in [0.1, 0.15) is 54.6 Å². The quantitative estimate of drug-likeness (QED) is 0.872. The van der Waals surface area contributed by atoms with Gasteiger partial charge in [-0.05, 0) is 30.9 Å². The van der Waals surface area contributed by atoms with Crippen LogP contribution in [-0.2, 0) is 6.54 Å². The van der Waals surface area contributed by atoms with Crippen LogP contribution in [0.4, 0.5) is 0 Å². The lowest BCUT2D eigenvalue weighted by molar-refractivity contribution is 0.572. The number of aryl methyl sites for hydroxylation is 1. The lowest BCUT2D eigenvalue weighted by atomic mass is 10.00. The first-order valence-electron chi connectivity index (χ1n) is 6.80. The molecule has 3 heteroatoms. The molecule has 2 rings (SSSR count). The molecule has 1 atom stereocenters. The van der Waals surface area contributed by atoms with E-state index < -0.39 is 0 Å². The maximum atomic E-state index is 4.47. The van der Waals surface area contributed by atoms with Gasteiger partial charge in [0.05, 0.1) is 0 Å². The van der Waals surface area contributed by atoms with E-state index in [2.05, 4.69) is 60.7 Å². The van der Waals surface area contributed by atoms with Gasteiger partial charge in [-0.15, -0.1) is 11.3 Å². The Morgan fingerprint density at radius 3 is 2.26 bits per heavy atom. The van der Waals surface area contributed by atoms with Crippen molar-refractivity contribution in [2.24, 2.45) is 0 Å². The van der Waals surface area contributed by atoms with Crippen molar-refractivity contribution >= 4 is 11.3 Å². The first-order valence-corrected chi connectivity index (χ1v) is 7.68. The Hall–Kier alpha value is -1.19. The predicted octanol–water partition coefficient (Wildman–Crippen LogP) is 4.43. The van der Waals surface area contributed by atoms with Crippen LogP contribution in [0.15, 0.2) is 29.6 Å². The summed E-state index contributed by atoms with van der Waals surface area (Å²) in [6.45, 7) is 9.52. The van der Waals surface area contributed by atoms with Gasteiger partial charge in [-0.3, -0.25) is 0 Å². The van der Waals surface area contributed by atoms with E-state index in [1.165, 1.54) is 11.1 Å². The van der Waals surface area contributed by atoms with Gasteiger partial charge in [-0.1, -0.05) is 38.1 Å². The van der Waals surface area contributed by atoms with E-state index in [1.807, 2.05) is 6.92 Å².